The Labute approximate surface area is 139 Å². The molecule has 1 aliphatic heterocycles. The predicted octanol–water partition coefficient (Wildman–Crippen LogP) is 3.81. The first-order valence-corrected chi connectivity index (χ1v) is 8.03. The Balaban J connectivity index is 1.87. The van der Waals surface area contributed by atoms with Gasteiger partial charge in [-0.1, -0.05) is 30.3 Å². The van der Waals surface area contributed by atoms with Crippen LogP contribution in [0.2, 0.25) is 0 Å². The van der Waals surface area contributed by atoms with Gasteiger partial charge in [-0.15, -0.1) is 0 Å². The lowest BCUT2D eigenvalue weighted by molar-refractivity contribution is -0.113. The predicted molar refractivity (Wildman–Crippen MR) is 98.0 cm³/mol. The van der Waals surface area contributed by atoms with Gasteiger partial charge in [-0.3, -0.25) is 15.1 Å². The number of para-hydroxylation sites is 1. The van der Waals surface area contributed by atoms with Crippen molar-refractivity contribution in [3.05, 3.63) is 65.1 Å². The molecular formula is C18H17N3OS. The summed E-state index contributed by atoms with van der Waals surface area (Å²) in [6, 6.07) is 17.3. The maximum atomic E-state index is 12.6. The maximum Gasteiger partial charge on any atom is 0.271 e. The minimum atomic E-state index is -0.150. The summed E-state index contributed by atoms with van der Waals surface area (Å²) in [5.74, 6) is -0.150. The van der Waals surface area contributed by atoms with E-state index >= 15 is 0 Å². The Kier molecular flexibility index (Phi) is 4.21. The zero-order valence-electron chi connectivity index (χ0n) is 13.0. The molecule has 1 aliphatic rings. The molecule has 0 radical (unpaired) electrons. The molecule has 2 aromatic rings. The van der Waals surface area contributed by atoms with Crippen molar-refractivity contribution in [1.29, 1.82) is 5.41 Å². The summed E-state index contributed by atoms with van der Waals surface area (Å²) in [7, 11) is 3.98. The first-order valence-electron chi connectivity index (χ1n) is 7.21. The van der Waals surface area contributed by atoms with Crippen molar-refractivity contribution in [1.82, 2.24) is 0 Å². The number of carbonyl (C=O) groups is 1. The standard InChI is InChI=1S/C18H17N3OS/c1-20(2)14-10-8-13(9-11-14)12-16-17(22)21(18(19)23-16)15-6-4-3-5-7-15/h3-12,19H,1-2H3. The number of nitrogens with one attached hydrogen (secondary N) is 1. The largest absolute Gasteiger partial charge is 0.378 e. The molecule has 0 unspecified atom stereocenters. The Hall–Kier alpha value is -2.53. The van der Waals surface area contributed by atoms with Crippen LogP contribution < -0.4 is 9.80 Å². The monoisotopic (exact) mass is 323 g/mol. The Bertz CT molecular complexity index is 767. The Morgan fingerprint density at radius 2 is 1.70 bits per heavy atom. The SMILES string of the molecule is CN(C)c1ccc(C=C2SC(=N)N(c3ccccc3)C2=O)cc1. The quantitative estimate of drug-likeness (QED) is 0.874. The summed E-state index contributed by atoms with van der Waals surface area (Å²) in [6.07, 6.45) is 1.84. The summed E-state index contributed by atoms with van der Waals surface area (Å²) < 4.78 is 0. The summed E-state index contributed by atoms with van der Waals surface area (Å²) >= 11 is 1.19. The van der Waals surface area contributed by atoms with E-state index in [0.29, 0.717) is 4.91 Å². The Morgan fingerprint density at radius 1 is 1.04 bits per heavy atom. The fourth-order valence-electron chi connectivity index (χ4n) is 2.32. The molecule has 1 amide bonds. The zero-order chi connectivity index (χ0) is 16.4. The smallest absolute Gasteiger partial charge is 0.271 e. The summed E-state index contributed by atoms with van der Waals surface area (Å²) in [6.45, 7) is 0. The van der Waals surface area contributed by atoms with Crippen LogP contribution in [0.4, 0.5) is 11.4 Å². The van der Waals surface area contributed by atoms with E-state index in [0.717, 1.165) is 16.9 Å². The van der Waals surface area contributed by atoms with Crippen molar-refractivity contribution >= 4 is 40.3 Å². The highest BCUT2D eigenvalue weighted by Crippen LogP contribution is 2.35. The number of nitrogens with zero attached hydrogens (tertiary/aromatic N) is 2. The number of hydrogen-bond donors (Lipinski definition) is 1. The van der Waals surface area contributed by atoms with Gasteiger partial charge in [0.25, 0.3) is 5.91 Å². The van der Waals surface area contributed by atoms with Crippen LogP contribution in [0.15, 0.2) is 59.5 Å². The molecule has 0 aliphatic carbocycles. The number of benzene rings is 2. The third kappa shape index (κ3) is 3.14. The molecule has 4 nitrogen and oxygen atoms in total. The van der Waals surface area contributed by atoms with E-state index in [2.05, 4.69) is 0 Å². The van der Waals surface area contributed by atoms with Gasteiger partial charge in [0.05, 0.1) is 10.6 Å². The molecule has 1 fully saturated rings. The molecule has 2 aromatic carbocycles. The highest BCUT2D eigenvalue weighted by molar-refractivity contribution is 8.19. The lowest BCUT2D eigenvalue weighted by atomic mass is 10.2. The lowest BCUT2D eigenvalue weighted by Gasteiger charge is -2.13. The van der Waals surface area contributed by atoms with Gasteiger partial charge in [-0.05, 0) is 47.7 Å². The molecule has 0 bridgehead atoms. The van der Waals surface area contributed by atoms with E-state index in [4.69, 9.17) is 5.41 Å². The van der Waals surface area contributed by atoms with E-state index in [1.165, 1.54) is 16.7 Å². The van der Waals surface area contributed by atoms with Gasteiger partial charge >= 0.3 is 0 Å². The summed E-state index contributed by atoms with van der Waals surface area (Å²) in [5, 5.41) is 8.31. The summed E-state index contributed by atoms with van der Waals surface area (Å²) in [4.78, 5) is 16.6. The molecule has 3 rings (SSSR count). The normalized spacial score (nSPS) is 16.3. The molecule has 0 spiro atoms. The van der Waals surface area contributed by atoms with E-state index < -0.39 is 0 Å². The van der Waals surface area contributed by atoms with E-state index in [9.17, 15) is 4.79 Å². The van der Waals surface area contributed by atoms with Gasteiger partial charge in [0.2, 0.25) is 0 Å². The second-order valence-corrected chi connectivity index (χ2v) is 6.41. The van der Waals surface area contributed by atoms with Crippen molar-refractivity contribution in [2.45, 2.75) is 0 Å². The number of carbonyl (C=O) groups excluding carboxylic acids is 1. The van der Waals surface area contributed by atoms with Gasteiger partial charge in [0, 0.05) is 19.8 Å². The average Bonchev–Trinajstić information content (AvgIpc) is 2.82. The van der Waals surface area contributed by atoms with Crippen molar-refractivity contribution in [2.24, 2.45) is 0 Å². The average molecular weight is 323 g/mol. The van der Waals surface area contributed by atoms with Crippen LogP contribution >= 0.6 is 11.8 Å². The minimum absolute atomic E-state index is 0.150. The number of amidine groups is 1. The third-order valence-electron chi connectivity index (χ3n) is 3.55. The summed E-state index contributed by atoms with van der Waals surface area (Å²) in [5.41, 5.74) is 2.78. The van der Waals surface area contributed by atoms with Gasteiger partial charge in [-0.25, -0.2) is 0 Å². The number of thioether (sulfide) groups is 1. The van der Waals surface area contributed by atoms with Crippen LogP contribution in [0.1, 0.15) is 5.56 Å². The molecule has 1 N–H and O–H groups in total. The molecule has 5 heteroatoms. The topological polar surface area (TPSA) is 47.4 Å². The van der Waals surface area contributed by atoms with Gasteiger partial charge in [0.1, 0.15) is 0 Å². The molecule has 23 heavy (non-hydrogen) atoms. The number of amides is 1. The van der Waals surface area contributed by atoms with E-state index in [-0.39, 0.29) is 11.1 Å². The van der Waals surface area contributed by atoms with Crippen molar-refractivity contribution in [3.8, 4) is 0 Å². The maximum absolute atomic E-state index is 12.6. The fraction of sp³-hybridized carbons (Fsp3) is 0.111. The minimum Gasteiger partial charge on any atom is -0.378 e. The molecule has 0 saturated carbocycles. The van der Waals surface area contributed by atoms with Crippen LogP contribution in [0, 0.1) is 5.41 Å². The van der Waals surface area contributed by atoms with Crippen LogP contribution in [-0.2, 0) is 4.79 Å². The second kappa shape index (κ2) is 6.30. The lowest BCUT2D eigenvalue weighted by Crippen LogP contribution is -2.27. The molecule has 0 atom stereocenters. The van der Waals surface area contributed by atoms with Crippen LogP contribution in [-0.4, -0.2) is 25.2 Å². The number of hydrogen-bond acceptors (Lipinski definition) is 4. The van der Waals surface area contributed by atoms with Gasteiger partial charge in [-0.2, -0.15) is 0 Å². The van der Waals surface area contributed by atoms with E-state index in [1.54, 1.807) is 0 Å². The van der Waals surface area contributed by atoms with Crippen molar-refractivity contribution in [3.63, 3.8) is 0 Å². The first-order chi connectivity index (χ1) is 11.1. The Morgan fingerprint density at radius 3 is 2.30 bits per heavy atom. The molecule has 1 heterocycles. The van der Waals surface area contributed by atoms with Gasteiger partial charge in [0.15, 0.2) is 5.17 Å². The fourth-order valence-corrected chi connectivity index (χ4v) is 3.18. The first kappa shape index (κ1) is 15.4. The second-order valence-electron chi connectivity index (χ2n) is 5.38. The van der Waals surface area contributed by atoms with Crippen LogP contribution in [0.5, 0.6) is 0 Å². The highest BCUT2D eigenvalue weighted by Gasteiger charge is 2.33. The number of anilines is 2. The van der Waals surface area contributed by atoms with Crippen molar-refractivity contribution < 1.29 is 4.79 Å². The highest BCUT2D eigenvalue weighted by atomic mass is 32.2. The van der Waals surface area contributed by atoms with Crippen LogP contribution in [0.3, 0.4) is 0 Å². The molecular weight excluding hydrogens is 306 g/mol. The van der Waals surface area contributed by atoms with Gasteiger partial charge < -0.3 is 4.90 Å². The van der Waals surface area contributed by atoms with Crippen molar-refractivity contribution in [2.75, 3.05) is 23.9 Å². The van der Waals surface area contributed by atoms with E-state index in [1.807, 2.05) is 79.7 Å². The molecule has 116 valence electrons. The molecule has 0 aromatic heterocycles. The third-order valence-corrected chi connectivity index (χ3v) is 4.43. The zero-order valence-corrected chi connectivity index (χ0v) is 13.8. The molecule has 1 saturated heterocycles. The number of rotatable bonds is 3. The van der Waals surface area contributed by atoms with Crippen LogP contribution in [0.25, 0.3) is 6.08 Å².